The molecule has 0 spiro atoms. The van der Waals surface area contributed by atoms with Crippen molar-refractivity contribution in [1.82, 2.24) is 14.6 Å². The van der Waals surface area contributed by atoms with Crippen LogP contribution in [0.4, 0.5) is 16.3 Å². The highest BCUT2D eigenvalue weighted by atomic mass is 16.7. The van der Waals surface area contributed by atoms with E-state index in [0.29, 0.717) is 17.0 Å². The van der Waals surface area contributed by atoms with Crippen LogP contribution in [0.25, 0.3) is 5.52 Å². The first kappa shape index (κ1) is 17.3. The number of rotatable bonds is 5. The number of aryl methyl sites for hydroxylation is 1. The van der Waals surface area contributed by atoms with E-state index in [0.717, 1.165) is 5.56 Å². The summed E-state index contributed by atoms with van der Waals surface area (Å²) in [6.45, 7) is 3.67. The van der Waals surface area contributed by atoms with Crippen molar-refractivity contribution in [2.24, 2.45) is 0 Å². The van der Waals surface area contributed by atoms with Crippen molar-refractivity contribution < 1.29 is 24.1 Å². The number of fused-ring (bicyclic) bond motifs is 1. The summed E-state index contributed by atoms with van der Waals surface area (Å²) in [5.41, 5.74) is 1.85. The molecule has 0 aliphatic carbocycles. The molecular weight excluding hydrogens is 340 g/mol. The summed E-state index contributed by atoms with van der Waals surface area (Å²) in [6, 6.07) is 5.17. The number of nitrogens with one attached hydrogen (secondary N) is 1. The number of phenols is 1. The summed E-state index contributed by atoms with van der Waals surface area (Å²) < 4.78 is 16.8. The minimum atomic E-state index is -0.840. The smallest absolute Gasteiger partial charge is 0.508 e. The fourth-order valence-corrected chi connectivity index (χ4v) is 2.38. The van der Waals surface area contributed by atoms with Crippen LogP contribution < -0.4 is 14.8 Å². The number of benzene rings is 1. The Labute approximate surface area is 149 Å². The maximum Gasteiger partial charge on any atom is 0.514 e. The zero-order valence-corrected chi connectivity index (χ0v) is 14.5. The van der Waals surface area contributed by atoms with Crippen molar-refractivity contribution in [2.45, 2.75) is 13.8 Å². The Hall–Kier alpha value is -3.49. The lowest BCUT2D eigenvalue weighted by atomic mass is 10.2. The van der Waals surface area contributed by atoms with Gasteiger partial charge in [0.25, 0.3) is 0 Å². The first-order chi connectivity index (χ1) is 12.5. The van der Waals surface area contributed by atoms with Crippen LogP contribution in [0.1, 0.15) is 12.5 Å². The second kappa shape index (κ2) is 7.18. The number of phenolic OH excluding ortho intramolecular Hbond substituents is 1. The summed E-state index contributed by atoms with van der Waals surface area (Å²) in [6.07, 6.45) is 1.99. The molecule has 9 nitrogen and oxygen atoms in total. The topological polar surface area (TPSA) is 107 Å². The fourth-order valence-electron chi connectivity index (χ4n) is 2.38. The summed E-state index contributed by atoms with van der Waals surface area (Å²) in [5.74, 6) is 1.01. The molecule has 2 aromatic heterocycles. The van der Waals surface area contributed by atoms with Gasteiger partial charge in [-0.25, -0.2) is 14.3 Å². The molecule has 0 bridgehead atoms. The molecule has 0 radical (unpaired) electrons. The van der Waals surface area contributed by atoms with E-state index in [1.54, 1.807) is 32.0 Å². The van der Waals surface area contributed by atoms with Crippen LogP contribution in [0.5, 0.6) is 17.2 Å². The molecular formula is C17H18N4O5. The number of anilines is 2. The number of hydrogen-bond acceptors (Lipinski definition) is 8. The number of ether oxygens (including phenoxy) is 3. The molecule has 0 aliphatic heterocycles. The van der Waals surface area contributed by atoms with Gasteiger partial charge in [0, 0.05) is 11.8 Å². The number of aromatic nitrogens is 3. The molecule has 3 aromatic rings. The predicted octanol–water partition coefficient (Wildman–Crippen LogP) is 3.03. The lowest BCUT2D eigenvalue weighted by Gasteiger charge is -2.09. The second-order valence-corrected chi connectivity index (χ2v) is 5.34. The molecule has 0 aliphatic rings. The van der Waals surface area contributed by atoms with E-state index in [4.69, 9.17) is 14.2 Å². The Morgan fingerprint density at radius 2 is 2.19 bits per heavy atom. The zero-order valence-electron chi connectivity index (χ0n) is 14.5. The van der Waals surface area contributed by atoms with Crippen LogP contribution in [-0.2, 0) is 4.74 Å². The lowest BCUT2D eigenvalue weighted by molar-refractivity contribution is 0.103. The lowest BCUT2D eigenvalue weighted by Crippen LogP contribution is -2.10. The molecule has 26 heavy (non-hydrogen) atoms. The molecule has 0 saturated heterocycles. The monoisotopic (exact) mass is 358 g/mol. The first-order valence-electron chi connectivity index (χ1n) is 7.85. The maximum absolute atomic E-state index is 11.6. The number of nitrogens with zero attached hydrogens (tertiary/aromatic N) is 3. The molecule has 0 unspecified atom stereocenters. The molecule has 9 heteroatoms. The van der Waals surface area contributed by atoms with Crippen molar-refractivity contribution in [1.29, 1.82) is 0 Å². The van der Waals surface area contributed by atoms with E-state index in [1.165, 1.54) is 24.1 Å². The van der Waals surface area contributed by atoms with Crippen molar-refractivity contribution >= 4 is 23.2 Å². The average molecular weight is 358 g/mol. The van der Waals surface area contributed by atoms with Crippen molar-refractivity contribution in [3.05, 3.63) is 36.3 Å². The molecule has 3 rings (SSSR count). The number of carbonyl (C=O) groups is 1. The molecule has 0 saturated carbocycles. The standard InChI is InChI=1S/C17H18N4O5/c1-4-25-17(23)26-13-8-21-14(15(13)24-3)16(18-9-19-21)20-11-6-5-10(2)12(22)7-11/h5-9,22H,4H2,1-3H3,(H,18,19,20). The third-order valence-corrected chi connectivity index (χ3v) is 3.63. The van der Waals surface area contributed by atoms with E-state index in [9.17, 15) is 9.90 Å². The largest absolute Gasteiger partial charge is 0.514 e. The van der Waals surface area contributed by atoms with Crippen LogP contribution in [0.2, 0.25) is 0 Å². The average Bonchev–Trinajstić information content (AvgIpc) is 2.96. The van der Waals surface area contributed by atoms with Gasteiger partial charge in [0.2, 0.25) is 0 Å². The Kier molecular flexibility index (Phi) is 4.78. The van der Waals surface area contributed by atoms with Gasteiger partial charge in [0.1, 0.15) is 12.1 Å². The molecule has 0 atom stereocenters. The highest BCUT2D eigenvalue weighted by molar-refractivity contribution is 5.83. The van der Waals surface area contributed by atoms with E-state index in [1.807, 2.05) is 0 Å². The third-order valence-electron chi connectivity index (χ3n) is 3.63. The van der Waals surface area contributed by atoms with Gasteiger partial charge >= 0.3 is 6.16 Å². The van der Waals surface area contributed by atoms with Gasteiger partial charge in [0.05, 0.1) is 19.9 Å². The summed E-state index contributed by atoms with van der Waals surface area (Å²) in [5, 5.41) is 17.1. The van der Waals surface area contributed by atoms with Gasteiger partial charge in [-0.3, -0.25) is 0 Å². The molecule has 0 fully saturated rings. The normalized spacial score (nSPS) is 10.6. The summed E-state index contributed by atoms with van der Waals surface area (Å²) in [4.78, 5) is 15.8. The third kappa shape index (κ3) is 3.32. The summed E-state index contributed by atoms with van der Waals surface area (Å²) >= 11 is 0. The van der Waals surface area contributed by atoms with Gasteiger partial charge in [-0.2, -0.15) is 5.10 Å². The van der Waals surface area contributed by atoms with Crippen LogP contribution in [-0.4, -0.2) is 39.6 Å². The number of carbonyl (C=O) groups excluding carboxylic acids is 1. The van der Waals surface area contributed by atoms with Crippen molar-refractivity contribution in [3.8, 4) is 17.2 Å². The Morgan fingerprint density at radius 1 is 1.38 bits per heavy atom. The summed E-state index contributed by atoms with van der Waals surface area (Å²) in [7, 11) is 1.45. The van der Waals surface area contributed by atoms with Gasteiger partial charge in [-0.1, -0.05) is 6.07 Å². The SMILES string of the molecule is CCOC(=O)Oc1cn2ncnc(Nc3ccc(C)c(O)c3)c2c1OC. The maximum atomic E-state index is 11.6. The number of hydrogen-bond donors (Lipinski definition) is 2. The second-order valence-electron chi connectivity index (χ2n) is 5.34. The van der Waals surface area contributed by atoms with Crippen LogP contribution >= 0.6 is 0 Å². The molecule has 2 heterocycles. The minimum Gasteiger partial charge on any atom is -0.508 e. The van der Waals surface area contributed by atoms with Crippen LogP contribution in [0, 0.1) is 6.92 Å². The van der Waals surface area contributed by atoms with Gasteiger partial charge < -0.3 is 24.6 Å². The Morgan fingerprint density at radius 3 is 2.88 bits per heavy atom. The van der Waals surface area contributed by atoms with E-state index >= 15 is 0 Å². The van der Waals surface area contributed by atoms with Gasteiger partial charge in [0.15, 0.2) is 22.8 Å². The van der Waals surface area contributed by atoms with Gasteiger partial charge in [-0.15, -0.1) is 0 Å². The molecule has 0 amide bonds. The highest BCUT2D eigenvalue weighted by Crippen LogP contribution is 2.38. The van der Waals surface area contributed by atoms with E-state index < -0.39 is 6.16 Å². The van der Waals surface area contributed by atoms with Crippen LogP contribution in [0.3, 0.4) is 0 Å². The van der Waals surface area contributed by atoms with E-state index in [2.05, 4.69) is 15.4 Å². The number of methoxy groups -OCH3 is 1. The zero-order chi connectivity index (χ0) is 18.7. The van der Waals surface area contributed by atoms with Crippen LogP contribution in [0.15, 0.2) is 30.7 Å². The van der Waals surface area contributed by atoms with E-state index in [-0.39, 0.29) is 23.9 Å². The Balaban J connectivity index is 2.01. The van der Waals surface area contributed by atoms with Crippen molar-refractivity contribution in [3.63, 3.8) is 0 Å². The highest BCUT2D eigenvalue weighted by Gasteiger charge is 2.21. The molecule has 2 N–H and O–H groups in total. The number of aromatic hydroxyl groups is 1. The molecule has 1 aromatic carbocycles. The fraction of sp³-hybridized carbons (Fsp3) is 0.235. The van der Waals surface area contributed by atoms with Crippen molar-refractivity contribution in [2.75, 3.05) is 19.0 Å². The van der Waals surface area contributed by atoms with Gasteiger partial charge in [-0.05, 0) is 25.5 Å². The first-order valence-corrected chi connectivity index (χ1v) is 7.85. The predicted molar refractivity (Wildman–Crippen MR) is 93.3 cm³/mol. The quantitative estimate of drug-likeness (QED) is 0.670. The Bertz CT molecular complexity index is 954. The molecule has 136 valence electrons. The minimum absolute atomic E-state index is 0.154.